The van der Waals surface area contributed by atoms with Crippen molar-refractivity contribution in [3.8, 4) is 33.4 Å². The molecule has 288 valence electrons. The average molecular weight is 754 g/mol. The SMILES string of the molecule is CC1(C)CCC(C)(C)c2cc(-c3cccc(N(c4ccc5c(c4)C(C)(C)c4ccccc4-5)c4cccc5c4-c4ccccc4C54C5CC6CC7CC4C75C6)c3)ccc21. The summed E-state index contributed by atoms with van der Waals surface area (Å²) in [5.41, 5.74) is 22.3. The third kappa shape index (κ3) is 3.91. The van der Waals surface area contributed by atoms with Crippen LogP contribution >= 0.6 is 0 Å². The van der Waals surface area contributed by atoms with Crippen molar-refractivity contribution in [3.05, 3.63) is 161 Å². The fraction of sp³-hybridized carbons (Fsp3) is 0.368. The van der Waals surface area contributed by atoms with Gasteiger partial charge in [-0.1, -0.05) is 139 Å². The van der Waals surface area contributed by atoms with Gasteiger partial charge in [0.15, 0.2) is 0 Å². The van der Waals surface area contributed by atoms with E-state index in [-0.39, 0.29) is 21.7 Å². The molecule has 6 aromatic carbocycles. The molecule has 4 fully saturated rings. The maximum absolute atomic E-state index is 2.64. The van der Waals surface area contributed by atoms with E-state index in [1.807, 2.05) is 0 Å². The first-order valence-corrected chi connectivity index (χ1v) is 22.5. The van der Waals surface area contributed by atoms with Gasteiger partial charge in [-0.05, 0) is 170 Å². The summed E-state index contributed by atoms with van der Waals surface area (Å²) >= 11 is 0. The summed E-state index contributed by atoms with van der Waals surface area (Å²) in [6.07, 6.45) is 8.29. The number of rotatable bonds is 4. The minimum Gasteiger partial charge on any atom is -0.310 e. The average Bonchev–Trinajstić information content (AvgIpc) is 3.92. The molecule has 0 aromatic heterocycles. The Morgan fingerprint density at radius 2 is 1.16 bits per heavy atom. The Labute approximate surface area is 345 Å². The van der Waals surface area contributed by atoms with E-state index in [4.69, 9.17) is 0 Å². The van der Waals surface area contributed by atoms with Crippen molar-refractivity contribution >= 4 is 17.1 Å². The van der Waals surface area contributed by atoms with Crippen LogP contribution in [0.5, 0.6) is 0 Å². The molecule has 4 saturated carbocycles. The zero-order chi connectivity index (χ0) is 39.1. The van der Waals surface area contributed by atoms with Gasteiger partial charge >= 0.3 is 0 Å². The summed E-state index contributed by atoms with van der Waals surface area (Å²) in [6.45, 7) is 14.6. The van der Waals surface area contributed by atoms with Gasteiger partial charge in [0, 0.05) is 27.8 Å². The first kappa shape index (κ1) is 34.0. The molecule has 0 aliphatic heterocycles. The zero-order valence-electron chi connectivity index (χ0n) is 35.1. The van der Waals surface area contributed by atoms with Gasteiger partial charge in [-0.2, -0.15) is 0 Å². The Hall–Kier alpha value is -4.88. The van der Waals surface area contributed by atoms with Crippen LogP contribution in [0.4, 0.5) is 17.1 Å². The fourth-order valence-corrected chi connectivity index (χ4v) is 15.4. The molecule has 2 bridgehead atoms. The summed E-state index contributed by atoms with van der Waals surface area (Å²) < 4.78 is 0. The lowest BCUT2D eigenvalue weighted by Gasteiger charge is -2.76. The topological polar surface area (TPSA) is 3.24 Å². The van der Waals surface area contributed by atoms with Gasteiger partial charge in [0.1, 0.15) is 0 Å². The number of benzene rings is 6. The molecule has 6 aromatic rings. The fourth-order valence-electron chi connectivity index (χ4n) is 15.4. The minimum atomic E-state index is -0.0861. The molecule has 0 amide bonds. The maximum Gasteiger partial charge on any atom is 0.0543 e. The number of anilines is 3. The van der Waals surface area contributed by atoms with E-state index in [1.165, 1.54) is 111 Å². The first-order chi connectivity index (χ1) is 27.9. The van der Waals surface area contributed by atoms with Crippen LogP contribution in [0.2, 0.25) is 0 Å². The van der Waals surface area contributed by atoms with Crippen molar-refractivity contribution in [1.29, 1.82) is 0 Å². The lowest BCUT2D eigenvalue weighted by Crippen LogP contribution is -2.73. The predicted octanol–water partition coefficient (Wildman–Crippen LogP) is 14.8. The molecule has 0 heterocycles. The van der Waals surface area contributed by atoms with Gasteiger partial charge < -0.3 is 4.90 Å². The van der Waals surface area contributed by atoms with E-state index in [9.17, 15) is 0 Å². The highest BCUT2D eigenvalue weighted by molar-refractivity contribution is 5.97. The van der Waals surface area contributed by atoms with Gasteiger partial charge in [-0.3, -0.25) is 0 Å². The van der Waals surface area contributed by atoms with Crippen molar-refractivity contribution in [2.75, 3.05) is 4.90 Å². The lowest BCUT2D eigenvalue weighted by atomic mass is 9.27. The van der Waals surface area contributed by atoms with E-state index in [2.05, 4.69) is 174 Å². The van der Waals surface area contributed by atoms with Crippen LogP contribution in [0, 0.1) is 29.1 Å². The predicted molar refractivity (Wildman–Crippen MR) is 240 cm³/mol. The standard InChI is InChI=1S/C57H55N/c1-53(2)25-26-54(3,4)48-30-36(21-24-45(48)53)35-13-11-14-38(29-35)58(39-22-23-41-40-15-7-9-17-43(40)55(5,6)47(41)32-39)49-20-12-19-46-52(49)42-16-8-10-18-44(42)57(46)50-28-34-27-37-31-51(57)56(37,50)33-34/h7-24,29-30,32,34,37,50-51H,25-28,31,33H2,1-6H3. The van der Waals surface area contributed by atoms with Crippen molar-refractivity contribution in [2.45, 2.75) is 102 Å². The molecule has 1 nitrogen and oxygen atoms in total. The van der Waals surface area contributed by atoms with Crippen LogP contribution in [0.3, 0.4) is 0 Å². The van der Waals surface area contributed by atoms with Crippen LogP contribution in [0.1, 0.15) is 113 Å². The smallest absolute Gasteiger partial charge is 0.0543 e. The quantitative estimate of drug-likeness (QED) is 0.173. The molecular weight excluding hydrogens is 699 g/mol. The van der Waals surface area contributed by atoms with Crippen LogP contribution in [-0.2, 0) is 21.7 Å². The van der Waals surface area contributed by atoms with Crippen molar-refractivity contribution < 1.29 is 0 Å². The van der Waals surface area contributed by atoms with Crippen molar-refractivity contribution in [2.24, 2.45) is 29.1 Å². The van der Waals surface area contributed by atoms with Crippen molar-refractivity contribution in [1.82, 2.24) is 0 Å². The second-order valence-corrected chi connectivity index (χ2v) is 21.6. The third-order valence-electron chi connectivity index (χ3n) is 18.0. The maximum atomic E-state index is 2.64. The van der Waals surface area contributed by atoms with Gasteiger partial charge in [-0.15, -0.1) is 0 Å². The Morgan fingerprint density at radius 1 is 0.483 bits per heavy atom. The molecule has 1 heteroatoms. The number of fused-ring (bicyclic) bond motifs is 12. The monoisotopic (exact) mass is 753 g/mol. The Balaban J connectivity index is 1.02. The number of hydrogen-bond acceptors (Lipinski definition) is 1. The summed E-state index contributed by atoms with van der Waals surface area (Å²) in [5, 5.41) is 0. The van der Waals surface area contributed by atoms with E-state index >= 15 is 0 Å². The zero-order valence-corrected chi connectivity index (χ0v) is 35.1. The molecular formula is C57H55N. The summed E-state index contributed by atoms with van der Waals surface area (Å²) in [7, 11) is 0. The number of nitrogens with zero attached hydrogens (tertiary/aromatic N) is 1. The molecule has 0 N–H and O–H groups in total. The van der Waals surface area contributed by atoms with Gasteiger partial charge in [0.05, 0.1) is 5.69 Å². The largest absolute Gasteiger partial charge is 0.310 e. The Kier molecular flexibility index (Phi) is 6.36. The molecule has 0 radical (unpaired) electrons. The second kappa shape index (κ2) is 10.8. The van der Waals surface area contributed by atoms with Gasteiger partial charge in [0.2, 0.25) is 0 Å². The minimum absolute atomic E-state index is 0.0861. The van der Waals surface area contributed by atoms with Crippen LogP contribution < -0.4 is 4.90 Å². The third-order valence-corrected chi connectivity index (χ3v) is 18.0. The molecule has 7 aliphatic rings. The number of hydrogen-bond donors (Lipinski definition) is 0. The molecule has 7 aliphatic carbocycles. The van der Waals surface area contributed by atoms with E-state index in [0.29, 0.717) is 5.41 Å². The summed E-state index contributed by atoms with van der Waals surface area (Å²) in [6, 6.07) is 50.3. The van der Waals surface area contributed by atoms with Crippen LogP contribution in [0.15, 0.2) is 127 Å². The molecule has 13 rings (SSSR count). The summed E-state index contributed by atoms with van der Waals surface area (Å²) in [4.78, 5) is 2.64. The van der Waals surface area contributed by atoms with E-state index in [1.54, 1.807) is 11.1 Å². The molecule has 6 unspecified atom stereocenters. The van der Waals surface area contributed by atoms with E-state index < -0.39 is 0 Å². The first-order valence-electron chi connectivity index (χ1n) is 22.5. The molecule has 2 spiro atoms. The highest BCUT2D eigenvalue weighted by Gasteiger charge is 2.84. The van der Waals surface area contributed by atoms with Crippen LogP contribution in [-0.4, -0.2) is 0 Å². The van der Waals surface area contributed by atoms with Gasteiger partial charge in [-0.25, -0.2) is 0 Å². The Bertz CT molecular complexity index is 2780. The van der Waals surface area contributed by atoms with Gasteiger partial charge in [0.25, 0.3) is 0 Å². The molecule has 58 heavy (non-hydrogen) atoms. The lowest BCUT2D eigenvalue weighted by molar-refractivity contribution is -0.231. The Morgan fingerprint density at radius 3 is 1.98 bits per heavy atom. The molecule has 0 saturated heterocycles. The van der Waals surface area contributed by atoms with Crippen molar-refractivity contribution in [3.63, 3.8) is 0 Å². The summed E-state index contributed by atoms with van der Waals surface area (Å²) in [5.74, 6) is 3.49. The second-order valence-electron chi connectivity index (χ2n) is 21.6. The normalized spacial score (nSPS) is 29.7. The molecule has 6 atom stereocenters. The highest BCUT2D eigenvalue weighted by atomic mass is 15.1. The highest BCUT2D eigenvalue weighted by Crippen LogP contribution is 2.89. The van der Waals surface area contributed by atoms with E-state index in [0.717, 1.165) is 23.7 Å². The van der Waals surface area contributed by atoms with Crippen LogP contribution in [0.25, 0.3) is 33.4 Å².